The number of amides is 2. The van der Waals surface area contributed by atoms with Crippen molar-refractivity contribution in [1.82, 2.24) is 10.3 Å². The van der Waals surface area contributed by atoms with Crippen molar-refractivity contribution in [3.8, 4) is 5.75 Å². The van der Waals surface area contributed by atoms with Gasteiger partial charge >= 0.3 is 0 Å². The van der Waals surface area contributed by atoms with Crippen LogP contribution in [0.4, 0.5) is 11.4 Å². The highest BCUT2D eigenvalue weighted by Crippen LogP contribution is 2.23. The van der Waals surface area contributed by atoms with E-state index in [4.69, 9.17) is 4.74 Å². The number of pyridine rings is 1. The second-order valence-corrected chi connectivity index (χ2v) is 8.73. The van der Waals surface area contributed by atoms with E-state index in [0.29, 0.717) is 24.3 Å². The third-order valence-electron chi connectivity index (χ3n) is 6.01. The summed E-state index contributed by atoms with van der Waals surface area (Å²) in [5.74, 6) is 0.0516. The highest BCUT2D eigenvalue weighted by Gasteiger charge is 2.21. The first kappa shape index (κ1) is 24.3. The standard InChI is InChI=1S/C28H32N4O3/c1-2-8-26(28(34)30-23-11-6-12-24(18-23)32-15-3-4-16-32)31-27(33)22-10-5-13-25(17-22)35-20-21-9-7-14-29-19-21/h5-7,9-14,17-19,26H,2-4,8,15-16,20H2,1H3,(H,30,34)(H,31,33). The van der Waals surface area contributed by atoms with Crippen molar-refractivity contribution in [2.24, 2.45) is 0 Å². The van der Waals surface area contributed by atoms with E-state index in [1.165, 1.54) is 12.8 Å². The summed E-state index contributed by atoms with van der Waals surface area (Å²) in [6, 6.07) is 18.0. The molecule has 0 radical (unpaired) electrons. The van der Waals surface area contributed by atoms with Gasteiger partial charge in [0.1, 0.15) is 18.4 Å². The molecule has 2 N–H and O–H groups in total. The summed E-state index contributed by atoms with van der Waals surface area (Å²) in [5, 5.41) is 5.88. The quantitative estimate of drug-likeness (QED) is 0.443. The molecule has 0 aliphatic carbocycles. The van der Waals surface area contributed by atoms with Gasteiger partial charge in [0.05, 0.1) is 0 Å². The minimum atomic E-state index is -0.636. The SMILES string of the molecule is CCCC(NC(=O)c1cccc(OCc2cccnc2)c1)C(=O)Nc1cccc(N2CCCC2)c1. The highest BCUT2D eigenvalue weighted by atomic mass is 16.5. The molecule has 1 fully saturated rings. The normalized spacial score (nSPS) is 13.8. The minimum Gasteiger partial charge on any atom is -0.489 e. The van der Waals surface area contributed by atoms with E-state index in [-0.39, 0.29) is 11.8 Å². The molecule has 2 aromatic carbocycles. The molecule has 0 bridgehead atoms. The molecule has 1 aromatic heterocycles. The number of rotatable bonds is 10. The van der Waals surface area contributed by atoms with Gasteiger partial charge < -0.3 is 20.3 Å². The van der Waals surface area contributed by atoms with Crippen molar-refractivity contribution in [3.05, 3.63) is 84.2 Å². The maximum atomic E-state index is 13.1. The second-order valence-electron chi connectivity index (χ2n) is 8.73. The molecule has 7 nitrogen and oxygen atoms in total. The smallest absolute Gasteiger partial charge is 0.252 e. The van der Waals surface area contributed by atoms with Crippen LogP contribution in [0.3, 0.4) is 0 Å². The van der Waals surface area contributed by atoms with Crippen LogP contribution >= 0.6 is 0 Å². The second kappa shape index (κ2) is 12.0. The van der Waals surface area contributed by atoms with Gasteiger partial charge in [0.25, 0.3) is 5.91 Å². The Morgan fingerprint density at radius 3 is 2.66 bits per heavy atom. The molecule has 3 aromatic rings. The van der Waals surface area contributed by atoms with Crippen molar-refractivity contribution >= 4 is 23.2 Å². The van der Waals surface area contributed by atoms with Crippen LogP contribution in [0.1, 0.15) is 48.5 Å². The third-order valence-corrected chi connectivity index (χ3v) is 6.01. The zero-order chi connectivity index (χ0) is 24.5. The van der Waals surface area contributed by atoms with Crippen molar-refractivity contribution in [2.45, 2.75) is 45.3 Å². The maximum absolute atomic E-state index is 13.1. The van der Waals surface area contributed by atoms with E-state index < -0.39 is 6.04 Å². The number of ether oxygens (including phenoxy) is 1. The third kappa shape index (κ3) is 6.82. The summed E-state index contributed by atoms with van der Waals surface area (Å²) in [7, 11) is 0. The number of nitrogens with zero attached hydrogens (tertiary/aromatic N) is 2. The molecule has 35 heavy (non-hydrogen) atoms. The zero-order valence-corrected chi connectivity index (χ0v) is 20.1. The molecular formula is C28H32N4O3. The largest absolute Gasteiger partial charge is 0.489 e. The van der Waals surface area contributed by atoms with Gasteiger partial charge in [0.2, 0.25) is 5.91 Å². The van der Waals surface area contributed by atoms with Gasteiger partial charge in [-0.05, 0) is 61.7 Å². The first-order valence-corrected chi connectivity index (χ1v) is 12.2. The molecule has 1 aliphatic rings. The summed E-state index contributed by atoms with van der Waals surface area (Å²) in [6.45, 7) is 4.43. The average Bonchev–Trinajstić information content (AvgIpc) is 3.43. The fraction of sp³-hybridized carbons (Fsp3) is 0.321. The van der Waals surface area contributed by atoms with Gasteiger partial charge in [0, 0.05) is 48.0 Å². The predicted molar refractivity (Wildman–Crippen MR) is 138 cm³/mol. The molecule has 2 heterocycles. The van der Waals surface area contributed by atoms with Crippen LogP contribution in [0, 0.1) is 0 Å². The molecule has 2 amide bonds. The lowest BCUT2D eigenvalue weighted by molar-refractivity contribution is -0.118. The summed E-state index contributed by atoms with van der Waals surface area (Å²) in [6.07, 6.45) is 7.14. The molecule has 0 saturated carbocycles. The van der Waals surface area contributed by atoms with E-state index >= 15 is 0 Å². The molecule has 182 valence electrons. The average molecular weight is 473 g/mol. The fourth-order valence-corrected chi connectivity index (χ4v) is 4.16. The van der Waals surface area contributed by atoms with Crippen molar-refractivity contribution in [1.29, 1.82) is 0 Å². The molecule has 1 aliphatic heterocycles. The maximum Gasteiger partial charge on any atom is 0.252 e. The topological polar surface area (TPSA) is 83.6 Å². The van der Waals surface area contributed by atoms with Crippen molar-refractivity contribution in [3.63, 3.8) is 0 Å². The van der Waals surface area contributed by atoms with Gasteiger partial charge in [-0.15, -0.1) is 0 Å². The monoisotopic (exact) mass is 472 g/mol. The van der Waals surface area contributed by atoms with Crippen LogP contribution in [0.5, 0.6) is 5.75 Å². The number of nitrogens with one attached hydrogen (secondary N) is 2. The van der Waals surface area contributed by atoms with Gasteiger partial charge in [-0.3, -0.25) is 14.6 Å². The van der Waals surface area contributed by atoms with E-state index in [9.17, 15) is 9.59 Å². The fourth-order valence-electron chi connectivity index (χ4n) is 4.16. The molecule has 0 spiro atoms. The molecule has 1 atom stereocenters. The van der Waals surface area contributed by atoms with Crippen LogP contribution in [0.2, 0.25) is 0 Å². The minimum absolute atomic E-state index is 0.220. The Kier molecular flexibility index (Phi) is 8.33. The lowest BCUT2D eigenvalue weighted by Crippen LogP contribution is -2.43. The van der Waals surface area contributed by atoms with E-state index in [0.717, 1.165) is 36.4 Å². The van der Waals surface area contributed by atoms with Gasteiger partial charge in [-0.1, -0.05) is 31.5 Å². The molecular weight excluding hydrogens is 440 g/mol. The van der Waals surface area contributed by atoms with Crippen LogP contribution in [0.15, 0.2) is 73.1 Å². The van der Waals surface area contributed by atoms with Gasteiger partial charge in [-0.2, -0.15) is 0 Å². The molecule has 1 saturated heterocycles. The van der Waals surface area contributed by atoms with Gasteiger partial charge in [-0.25, -0.2) is 0 Å². The lowest BCUT2D eigenvalue weighted by Gasteiger charge is -2.20. The Labute approximate surface area is 206 Å². The Morgan fingerprint density at radius 2 is 1.89 bits per heavy atom. The molecule has 7 heteroatoms. The lowest BCUT2D eigenvalue weighted by atomic mass is 10.1. The van der Waals surface area contributed by atoms with E-state index in [1.54, 1.807) is 36.7 Å². The number of aromatic nitrogens is 1. The summed E-state index contributed by atoms with van der Waals surface area (Å²) >= 11 is 0. The van der Waals surface area contributed by atoms with Crippen molar-refractivity contribution in [2.75, 3.05) is 23.3 Å². The number of hydrogen-bond donors (Lipinski definition) is 2. The number of benzene rings is 2. The number of hydrogen-bond acceptors (Lipinski definition) is 5. The number of carbonyl (C=O) groups excluding carboxylic acids is 2. The van der Waals surface area contributed by atoms with Crippen LogP contribution in [-0.2, 0) is 11.4 Å². The highest BCUT2D eigenvalue weighted by molar-refractivity contribution is 6.01. The Morgan fingerprint density at radius 1 is 1.06 bits per heavy atom. The van der Waals surface area contributed by atoms with E-state index in [2.05, 4.69) is 26.6 Å². The van der Waals surface area contributed by atoms with Crippen LogP contribution < -0.4 is 20.3 Å². The van der Waals surface area contributed by atoms with Crippen molar-refractivity contribution < 1.29 is 14.3 Å². The van der Waals surface area contributed by atoms with Crippen LogP contribution in [-0.4, -0.2) is 35.9 Å². The molecule has 4 rings (SSSR count). The zero-order valence-electron chi connectivity index (χ0n) is 20.1. The Balaban J connectivity index is 1.38. The Hall–Kier alpha value is -3.87. The number of anilines is 2. The summed E-state index contributed by atoms with van der Waals surface area (Å²) in [5.41, 5.74) is 3.23. The predicted octanol–water partition coefficient (Wildman–Crippen LogP) is 4.80. The Bertz CT molecular complexity index is 1130. The number of carbonyl (C=O) groups is 2. The van der Waals surface area contributed by atoms with Crippen LogP contribution in [0.25, 0.3) is 0 Å². The molecule has 1 unspecified atom stereocenters. The summed E-state index contributed by atoms with van der Waals surface area (Å²) < 4.78 is 5.81. The van der Waals surface area contributed by atoms with E-state index in [1.807, 2.05) is 37.3 Å². The van der Waals surface area contributed by atoms with Gasteiger partial charge in [0.15, 0.2) is 0 Å². The summed E-state index contributed by atoms with van der Waals surface area (Å²) in [4.78, 5) is 32.4. The first-order chi connectivity index (χ1) is 17.1. The first-order valence-electron chi connectivity index (χ1n) is 12.2.